The number of carbonyl (C=O) groups excluding carboxylic acids is 1. The van der Waals surface area contributed by atoms with Crippen molar-refractivity contribution in [3.8, 4) is 0 Å². The zero-order chi connectivity index (χ0) is 13.3. The van der Waals surface area contributed by atoms with Crippen LogP contribution in [-0.2, 0) is 0 Å². The Balaban J connectivity index is 2.21. The van der Waals surface area contributed by atoms with Gasteiger partial charge in [0, 0.05) is 19.1 Å². The molecule has 2 atom stereocenters. The first-order valence-electron chi connectivity index (χ1n) is 6.31. The Bertz CT molecular complexity index is 427. The van der Waals surface area contributed by atoms with Crippen molar-refractivity contribution in [1.82, 2.24) is 4.90 Å². The second-order valence-electron chi connectivity index (χ2n) is 4.99. The lowest BCUT2D eigenvalue weighted by Gasteiger charge is -2.39. The fourth-order valence-electron chi connectivity index (χ4n) is 2.57. The van der Waals surface area contributed by atoms with Gasteiger partial charge >= 0.3 is 0 Å². The van der Waals surface area contributed by atoms with Crippen molar-refractivity contribution in [2.24, 2.45) is 11.7 Å². The Labute approximate surface area is 120 Å². The molecule has 100 valence electrons. The number of rotatable bonds is 2. The number of hydrogen-bond acceptors (Lipinski definition) is 3. The summed E-state index contributed by atoms with van der Waals surface area (Å²) in [6.07, 6.45) is 2.24. The minimum absolute atomic E-state index is 0.135. The summed E-state index contributed by atoms with van der Waals surface area (Å²) in [4.78, 5) is 15.3. The van der Waals surface area contributed by atoms with E-state index in [0.717, 1.165) is 27.2 Å². The molecule has 0 spiro atoms. The molecule has 2 unspecified atom stereocenters. The first-order chi connectivity index (χ1) is 8.54. The van der Waals surface area contributed by atoms with E-state index < -0.39 is 0 Å². The monoisotopic (exact) mass is 330 g/mol. The van der Waals surface area contributed by atoms with Crippen LogP contribution in [0.4, 0.5) is 0 Å². The molecule has 1 aliphatic heterocycles. The topological polar surface area (TPSA) is 46.3 Å². The van der Waals surface area contributed by atoms with Crippen molar-refractivity contribution >= 4 is 33.2 Å². The molecule has 0 aliphatic carbocycles. The first kappa shape index (κ1) is 14.0. The number of hydrogen-bond donors (Lipinski definition) is 1. The molecule has 1 amide bonds. The SMILES string of the molecule is Cc1cc(C(=O)N2CCCC(C)C2CN)sc1Br. The smallest absolute Gasteiger partial charge is 0.264 e. The summed E-state index contributed by atoms with van der Waals surface area (Å²) in [7, 11) is 0. The molecule has 0 aromatic carbocycles. The highest BCUT2D eigenvalue weighted by atomic mass is 79.9. The maximum Gasteiger partial charge on any atom is 0.264 e. The van der Waals surface area contributed by atoms with Crippen LogP contribution in [0.5, 0.6) is 0 Å². The Morgan fingerprint density at radius 2 is 2.39 bits per heavy atom. The predicted molar refractivity (Wildman–Crippen MR) is 79.0 cm³/mol. The lowest BCUT2D eigenvalue weighted by atomic mass is 9.90. The van der Waals surface area contributed by atoms with Gasteiger partial charge in [0.2, 0.25) is 0 Å². The third kappa shape index (κ3) is 2.63. The number of piperidine rings is 1. The van der Waals surface area contributed by atoms with Crippen LogP contribution in [0.1, 0.15) is 35.0 Å². The van der Waals surface area contributed by atoms with Crippen LogP contribution in [0.25, 0.3) is 0 Å². The normalized spacial score (nSPS) is 24.3. The standard InChI is InChI=1S/C13H19BrN2OS/c1-8-4-3-5-16(10(8)7-15)13(17)11-6-9(2)12(14)18-11/h6,8,10H,3-5,7,15H2,1-2H3. The summed E-state index contributed by atoms with van der Waals surface area (Å²) in [6.45, 7) is 5.58. The second-order valence-corrected chi connectivity index (χ2v) is 7.36. The molecule has 18 heavy (non-hydrogen) atoms. The van der Waals surface area contributed by atoms with E-state index in [0.29, 0.717) is 12.5 Å². The molecular weight excluding hydrogens is 312 g/mol. The number of amides is 1. The highest BCUT2D eigenvalue weighted by molar-refractivity contribution is 9.11. The minimum atomic E-state index is 0.135. The van der Waals surface area contributed by atoms with Crippen LogP contribution in [0.3, 0.4) is 0 Å². The van der Waals surface area contributed by atoms with Crippen molar-refractivity contribution in [1.29, 1.82) is 0 Å². The summed E-state index contributed by atoms with van der Waals surface area (Å²) in [5.41, 5.74) is 6.96. The highest BCUT2D eigenvalue weighted by Gasteiger charge is 2.32. The zero-order valence-electron chi connectivity index (χ0n) is 10.8. The van der Waals surface area contributed by atoms with E-state index in [1.807, 2.05) is 17.9 Å². The summed E-state index contributed by atoms with van der Waals surface area (Å²) in [5, 5.41) is 0. The number of thiophene rings is 1. The highest BCUT2D eigenvalue weighted by Crippen LogP contribution is 2.30. The van der Waals surface area contributed by atoms with Crippen LogP contribution in [-0.4, -0.2) is 29.9 Å². The van der Waals surface area contributed by atoms with Gasteiger partial charge in [0.05, 0.1) is 8.66 Å². The number of aryl methyl sites for hydroxylation is 1. The third-order valence-corrected chi connectivity index (χ3v) is 5.81. The fourth-order valence-corrected chi connectivity index (χ4v) is 4.06. The Morgan fingerprint density at radius 1 is 1.67 bits per heavy atom. The molecule has 0 bridgehead atoms. The molecule has 1 aromatic rings. The molecule has 1 fully saturated rings. The van der Waals surface area contributed by atoms with Gasteiger partial charge in [-0.25, -0.2) is 0 Å². The summed E-state index contributed by atoms with van der Waals surface area (Å²) in [6, 6.07) is 2.15. The van der Waals surface area contributed by atoms with E-state index in [-0.39, 0.29) is 11.9 Å². The van der Waals surface area contributed by atoms with Gasteiger partial charge < -0.3 is 10.6 Å². The Kier molecular flexibility index (Phi) is 4.45. The molecule has 1 aromatic heterocycles. The number of nitrogens with zero attached hydrogens (tertiary/aromatic N) is 1. The molecular formula is C13H19BrN2OS. The van der Waals surface area contributed by atoms with E-state index in [1.165, 1.54) is 17.8 Å². The van der Waals surface area contributed by atoms with Gasteiger partial charge in [-0.15, -0.1) is 11.3 Å². The van der Waals surface area contributed by atoms with Gasteiger partial charge in [0.1, 0.15) is 0 Å². The van der Waals surface area contributed by atoms with E-state index in [2.05, 4.69) is 22.9 Å². The molecule has 1 saturated heterocycles. The lowest BCUT2D eigenvalue weighted by Crippen LogP contribution is -2.51. The van der Waals surface area contributed by atoms with Gasteiger partial charge in [-0.05, 0) is 53.2 Å². The van der Waals surface area contributed by atoms with E-state index >= 15 is 0 Å². The van der Waals surface area contributed by atoms with Gasteiger partial charge in [0.25, 0.3) is 5.91 Å². The number of nitrogens with two attached hydrogens (primary N) is 1. The van der Waals surface area contributed by atoms with Crippen LogP contribution in [0.2, 0.25) is 0 Å². The fraction of sp³-hybridized carbons (Fsp3) is 0.615. The van der Waals surface area contributed by atoms with Gasteiger partial charge in [0.15, 0.2) is 0 Å². The zero-order valence-corrected chi connectivity index (χ0v) is 13.2. The van der Waals surface area contributed by atoms with Gasteiger partial charge in [-0.2, -0.15) is 0 Å². The van der Waals surface area contributed by atoms with Crippen molar-refractivity contribution < 1.29 is 4.79 Å². The minimum Gasteiger partial charge on any atom is -0.333 e. The van der Waals surface area contributed by atoms with Crippen molar-refractivity contribution in [2.45, 2.75) is 32.7 Å². The second kappa shape index (κ2) is 5.72. The van der Waals surface area contributed by atoms with Crippen LogP contribution in [0.15, 0.2) is 9.85 Å². The van der Waals surface area contributed by atoms with E-state index in [4.69, 9.17) is 5.73 Å². The molecule has 5 heteroatoms. The number of likely N-dealkylation sites (tertiary alicyclic amines) is 1. The molecule has 0 saturated carbocycles. The van der Waals surface area contributed by atoms with Gasteiger partial charge in [-0.1, -0.05) is 6.92 Å². The lowest BCUT2D eigenvalue weighted by molar-refractivity contribution is 0.0537. The van der Waals surface area contributed by atoms with Crippen LogP contribution >= 0.6 is 27.3 Å². The Morgan fingerprint density at radius 3 is 2.94 bits per heavy atom. The van der Waals surface area contributed by atoms with Crippen molar-refractivity contribution in [2.75, 3.05) is 13.1 Å². The third-order valence-electron chi connectivity index (χ3n) is 3.69. The van der Waals surface area contributed by atoms with Crippen LogP contribution in [0, 0.1) is 12.8 Å². The Hall–Kier alpha value is -0.390. The predicted octanol–water partition coefficient (Wildman–Crippen LogP) is 3.02. The first-order valence-corrected chi connectivity index (χ1v) is 7.92. The molecule has 2 N–H and O–H groups in total. The average molecular weight is 331 g/mol. The number of carbonyl (C=O) groups is 1. The average Bonchev–Trinajstić information content (AvgIpc) is 2.68. The van der Waals surface area contributed by atoms with Crippen LogP contribution < -0.4 is 5.73 Å². The maximum atomic E-state index is 12.5. The molecule has 0 radical (unpaired) electrons. The largest absolute Gasteiger partial charge is 0.333 e. The molecule has 2 heterocycles. The summed E-state index contributed by atoms with van der Waals surface area (Å²) >= 11 is 4.99. The van der Waals surface area contributed by atoms with E-state index in [1.54, 1.807) is 0 Å². The van der Waals surface area contributed by atoms with Gasteiger partial charge in [-0.3, -0.25) is 4.79 Å². The maximum absolute atomic E-state index is 12.5. The molecule has 3 nitrogen and oxygen atoms in total. The summed E-state index contributed by atoms with van der Waals surface area (Å²) in [5.74, 6) is 0.632. The van der Waals surface area contributed by atoms with E-state index in [9.17, 15) is 4.79 Å². The molecule has 2 rings (SSSR count). The molecule has 1 aliphatic rings. The quantitative estimate of drug-likeness (QED) is 0.905. The van der Waals surface area contributed by atoms with Crippen molar-refractivity contribution in [3.05, 3.63) is 20.3 Å². The van der Waals surface area contributed by atoms with Crippen molar-refractivity contribution in [3.63, 3.8) is 0 Å². The number of halogens is 1. The summed E-state index contributed by atoms with van der Waals surface area (Å²) < 4.78 is 1.04.